The number of hydrogen-bond donors (Lipinski definition) is 0. The monoisotopic (exact) mass is 217 g/mol. The lowest BCUT2D eigenvalue weighted by atomic mass is 10.3. The Kier molecular flexibility index (Phi) is 3.58. The molecule has 1 rings (SSSR count). The fraction of sp³-hybridized carbons (Fsp3) is 0.222. The number of benzene rings is 1. The first kappa shape index (κ1) is 10.4. The van der Waals surface area contributed by atoms with Gasteiger partial charge >= 0.3 is 0 Å². The average molecular weight is 218 g/mol. The molecule has 0 saturated heterocycles. The Morgan fingerprint density at radius 3 is 2.54 bits per heavy atom. The fourth-order valence-electron chi connectivity index (χ4n) is 0.690. The summed E-state index contributed by atoms with van der Waals surface area (Å²) in [5.74, 6) is 0.507. The van der Waals surface area contributed by atoms with E-state index in [0.717, 1.165) is 5.71 Å². The van der Waals surface area contributed by atoms with Crippen molar-refractivity contribution in [2.75, 3.05) is 0 Å². The SMILES string of the molecule is CC(C)=NOc1ccc(Cl)cc1Cl. The van der Waals surface area contributed by atoms with Crippen LogP contribution in [0.3, 0.4) is 0 Å². The molecular weight excluding hydrogens is 209 g/mol. The van der Waals surface area contributed by atoms with Gasteiger partial charge in [0, 0.05) is 5.02 Å². The van der Waals surface area contributed by atoms with Gasteiger partial charge in [-0.15, -0.1) is 0 Å². The molecule has 0 unspecified atom stereocenters. The minimum atomic E-state index is 0.456. The fourth-order valence-corrected chi connectivity index (χ4v) is 1.13. The van der Waals surface area contributed by atoms with Crippen molar-refractivity contribution in [3.63, 3.8) is 0 Å². The van der Waals surface area contributed by atoms with Gasteiger partial charge in [-0.1, -0.05) is 28.4 Å². The maximum Gasteiger partial charge on any atom is 0.176 e. The molecule has 0 saturated carbocycles. The van der Waals surface area contributed by atoms with Gasteiger partial charge in [0.2, 0.25) is 0 Å². The average Bonchev–Trinajstić information content (AvgIpc) is 2.02. The largest absolute Gasteiger partial charge is 0.356 e. The first-order chi connectivity index (χ1) is 6.09. The van der Waals surface area contributed by atoms with Gasteiger partial charge in [0.05, 0.1) is 10.7 Å². The summed E-state index contributed by atoms with van der Waals surface area (Å²) in [5, 5.41) is 4.81. The van der Waals surface area contributed by atoms with Crippen molar-refractivity contribution < 1.29 is 4.84 Å². The Bertz CT molecular complexity index is 332. The van der Waals surface area contributed by atoms with Gasteiger partial charge in [0.25, 0.3) is 0 Å². The van der Waals surface area contributed by atoms with Crippen LogP contribution in [-0.2, 0) is 0 Å². The summed E-state index contributed by atoms with van der Waals surface area (Å²) in [6.07, 6.45) is 0. The van der Waals surface area contributed by atoms with Crippen molar-refractivity contribution in [2.45, 2.75) is 13.8 Å². The van der Waals surface area contributed by atoms with Gasteiger partial charge in [-0.2, -0.15) is 0 Å². The molecule has 0 spiro atoms. The van der Waals surface area contributed by atoms with Gasteiger partial charge in [-0.3, -0.25) is 0 Å². The van der Waals surface area contributed by atoms with Crippen LogP contribution >= 0.6 is 23.2 Å². The molecule has 0 atom stereocenters. The lowest BCUT2D eigenvalue weighted by Gasteiger charge is -2.01. The summed E-state index contributed by atoms with van der Waals surface area (Å²) in [4.78, 5) is 5.05. The molecule has 2 nitrogen and oxygen atoms in total. The second-order valence-electron chi connectivity index (χ2n) is 2.70. The smallest absolute Gasteiger partial charge is 0.176 e. The Labute approximate surface area is 87.1 Å². The first-order valence-electron chi connectivity index (χ1n) is 3.73. The van der Waals surface area contributed by atoms with E-state index in [1.165, 1.54) is 0 Å². The van der Waals surface area contributed by atoms with Crippen molar-refractivity contribution in [2.24, 2.45) is 5.16 Å². The van der Waals surface area contributed by atoms with Crippen molar-refractivity contribution in [3.8, 4) is 5.75 Å². The Hall–Kier alpha value is -0.730. The van der Waals surface area contributed by atoms with E-state index in [4.69, 9.17) is 28.0 Å². The molecule has 4 heteroatoms. The molecule has 0 radical (unpaired) electrons. The van der Waals surface area contributed by atoms with Gasteiger partial charge in [-0.05, 0) is 32.0 Å². The zero-order valence-corrected chi connectivity index (χ0v) is 8.86. The van der Waals surface area contributed by atoms with Crippen molar-refractivity contribution >= 4 is 28.9 Å². The zero-order chi connectivity index (χ0) is 9.84. The molecule has 0 aliphatic heterocycles. The van der Waals surface area contributed by atoms with E-state index in [-0.39, 0.29) is 0 Å². The van der Waals surface area contributed by atoms with E-state index in [1.54, 1.807) is 18.2 Å². The molecule has 0 heterocycles. The number of halogens is 2. The van der Waals surface area contributed by atoms with Crippen LogP contribution in [0.15, 0.2) is 23.4 Å². The summed E-state index contributed by atoms with van der Waals surface area (Å²) in [6, 6.07) is 4.99. The maximum atomic E-state index is 5.83. The standard InChI is InChI=1S/C9H9Cl2NO/c1-6(2)12-13-9-4-3-7(10)5-8(9)11/h3-5H,1-2H3. The predicted octanol–water partition coefficient (Wildman–Crippen LogP) is 3.77. The second-order valence-corrected chi connectivity index (χ2v) is 3.55. The number of oxime groups is 1. The maximum absolute atomic E-state index is 5.83. The summed E-state index contributed by atoms with van der Waals surface area (Å²) in [6.45, 7) is 3.67. The van der Waals surface area contributed by atoms with Crippen LogP contribution in [0.5, 0.6) is 5.75 Å². The highest BCUT2D eigenvalue weighted by Crippen LogP contribution is 2.27. The first-order valence-corrected chi connectivity index (χ1v) is 4.48. The number of nitrogens with zero attached hydrogens (tertiary/aromatic N) is 1. The third-order valence-electron chi connectivity index (χ3n) is 1.22. The minimum Gasteiger partial charge on any atom is -0.356 e. The molecule has 1 aromatic carbocycles. The third kappa shape index (κ3) is 3.25. The van der Waals surface area contributed by atoms with Gasteiger partial charge in [-0.25, -0.2) is 0 Å². The Morgan fingerprint density at radius 2 is 2.00 bits per heavy atom. The van der Waals surface area contributed by atoms with E-state index in [1.807, 2.05) is 13.8 Å². The third-order valence-corrected chi connectivity index (χ3v) is 1.75. The van der Waals surface area contributed by atoms with Gasteiger partial charge in [0.1, 0.15) is 0 Å². The van der Waals surface area contributed by atoms with E-state index < -0.39 is 0 Å². The molecule has 0 aliphatic carbocycles. The van der Waals surface area contributed by atoms with Gasteiger partial charge in [0.15, 0.2) is 5.75 Å². The summed E-state index contributed by atoms with van der Waals surface area (Å²) >= 11 is 11.5. The molecular formula is C9H9Cl2NO. The highest BCUT2D eigenvalue weighted by Gasteiger charge is 2.01. The second kappa shape index (κ2) is 4.49. The molecule has 0 bridgehead atoms. The summed E-state index contributed by atoms with van der Waals surface area (Å²) in [5.41, 5.74) is 0.825. The molecule has 1 aromatic rings. The van der Waals surface area contributed by atoms with Crippen molar-refractivity contribution in [1.29, 1.82) is 0 Å². The van der Waals surface area contributed by atoms with E-state index >= 15 is 0 Å². The Morgan fingerprint density at radius 1 is 1.31 bits per heavy atom. The van der Waals surface area contributed by atoms with Crippen molar-refractivity contribution in [1.82, 2.24) is 0 Å². The van der Waals surface area contributed by atoms with Crippen LogP contribution < -0.4 is 4.84 Å². The molecule has 0 fully saturated rings. The van der Waals surface area contributed by atoms with Crippen LogP contribution in [0.4, 0.5) is 0 Å². The topological polar surface area (TPSA) is 21.6 Å². The molecule has 0 amide bonds. The van der Waals surface area contributed by atoms with Crippen LogP contribution in [0.25, 0.3) is 0 Å². The molecule has 0 aliphatic rings. The molecule has 0 aromatic heterocycles. The van der Waals surface area contributed by atoms with Crippen LogP contribution in [0, 0.1) is 0 Å². The summed E-state index contributed by atoms with van der Waals surface area (Å²) < 4.78 is 0. The lowest BCUT2D eigenvalue weighted by molar-refractivity contribution is 0.341. The van der Waals surface area contributed by atoms with Gasteiger partial charge < -0.3 is 4.84 Å². The molecule has 70 valence electrons. The van der Waals surface area contributed by atoms with E-state index in [0.29, 0.717) is 15.8 Å². The van der Waals surface area contributed by atoms with Crippen molar-refractivity contribution in [3.05, 3.63) is 28.2 Å². The van der Waals surface area contributed by atoms with Crippen LogP contribution in [0.2, 0.25) is 10.0 Å². The van der Waals surface area contributed by atoms with Crippen LogP contribution in [0.1, 0.15) is 13.8 Å². The van der Waals surface area contributed by atoms with E-state index in [9.17, 15) is 0 Å². The van der Waals surface area contributed by atoms with E-state index in [2.05, 4.69) is 5.16 Å². The Balaban J connectivity index is 2.84. The minimum absolute atomic E-state index is 0.456. The van der Waals surface area contributed by atoms with Crippen LogP contribution in [-0.4, -0.2) is 5.71 Å². The number of rotatable bonds is 2. The zero-order valence-electron chi connectivity index (χ0n) is 7.34. The quantitative estimate of drug-likeness (QED) is 0.546. The number of hydrogen-bond acceptors (Lipinski definition) is 2. The normalized spacial score (nSPS) is 9.54. The highest BCUT2D eigenvalue weighted by atomic mass is 35.5. The molecule has 13 heavy (non-hydrogen) atoms. The summed E-state index contributed by atoms with van der Waals surface area (Å²) in [7, 11) is 0. The molecule has 0 N–H and O–H groups in total. The lowest BCUT2D eigenvalue weighted by Crippen LogP contribution is -1.89. The highest BCUT2D eigenvalue weighted by molar-refractivity contribution is 6.35. The predicted molar refractivity (Wildman–Crippen MR) is 55.9 cm³/mol.